The Hall–Kier alpha value is -4.50. The van der Waals surface area contributed by atoms with Gasteiger partial charge in [-0.15, -0.1) is 26.0 Å². The molecule has 15 heteroatoms. The molecule has 6 heterocycles. The number of aromatic nitrogens is 1. The summed E-state index contributed by atoms with van der Waals surface area (Å²) < 4.78 is 44.3. The number of anilines is 2. The number of hydrazine groups is 1. The highest BCUT2D eigenvalue weighted by Crippen LogP contribution is 2.49. The van der Waals surface area contributed by atoms with E-state index in [0.717, 1.165) is 119 Å². The number of nitrogens with zero attached hydrogens (tertiary/aromatic N) is 9. The number of likely N-dealkylation sites (tertiary alicyclic amines) is 1. The molecule has 0 radical (unpaired) electrons. The van der Waals surface area contributed by atoms with Crippen LogP contribution < -0.4 is 26.3 Å². The van der Waals surface area contributed by atoms with Crippen molar-refractivity contribution in [2.75, 3.05) is 123 Å². The van der Waals surface area contributed by atoms with Gasteiger partial charge in [0.15, 0.2) is 0 Å². The maximum absolute atomic E-state index is 14.8. The van der Waals surface area contributed by atoms with Crippen LogP contribution in [0.3, 0.4) is 0 Å². The fraction of sp³-hybridized carbons (Fsp3) is 0.681. The molecule has 3 aliphatic carbocycles. The zero-order chi connectivity index (χ0) is 63.0. The normalized spacial score (nSPS) is 24.6. The average Bonchev–Trinajstić information content (AvgIpc) is 1.73. The van der Waals surface area contributed by atoms with Gasteiger partial charge < -0.3 is 25.8 Å². The second-order valence-electron chi connectivity index (χ2n) is 27.4. The van der Waals surface area contributed by atoms with Crippen molar-refractivity contribution < 1.29 is 13.2 Å². The molecule has 0 amide bonds. The third kappa shape index (κ3) is 20.0. The standard InChI is InChI=1S/C42H62F3N7.C23H39N3.C5H12N2.C2H2/c1-8-18-41(5,6)25-30(3)40(38-24-37(26-48-39(38)31(4)46)51-22-20-50(21-23-51)35-16-17-35)52(29-42(43,44)45)36-14-12-32(13-15-36)33-11-10-19-49(27-33)28-34(9-2)47-7;1-5-21(19-9-7-8-10-19)26-14-13-18(16-26)15-25(6-2)17(3)22-23(24(22)4)20-11-12-20;1-7-5-3-2-4-6-7;1-2/h9,11-15,24,26,31,34-35,47H,2,8,10,16-23,25,27-29,46H2,1,3-7H3;5,18-23H,1,3,6-16H2,2,4H3;6H,2-5H2,1H3;1-2H/b40-30+;;;. The van der Waals surface area contributed by atoms with Gasteiger partial charge in [-0.3, -0.25) is 30.0 Å². The maximum atomic E-state index is 14.8. The number of nitrogens with two attached hydrogens (primary N) is 1. The zero-order valence-electron chi connectivity index (χ0n) is 55.4. The Labute approximate surface area is 525 Å². The van der Waals surface area contributed by atoms with E-state index in [2.05, 4.69) is 138 Å². The van der Waals surface area contributed by atoms with Crippen LogP contribution in [0, 0.1) is 36.0 Å². The first-order chi connectivity index (χ1) is 41.7. The number of allylic oxidation sites excluding steroid dienone is 1. The number of benzene rings is 1. The van der Waals surface area contributed by atoms with Crippen molar-refractivity contribution >= 4 is 22.6 Å². The number of halogens is 3. The van der Waals surface area contributed by atoms with Crippen molar-refractivity contribution in [1.82, 2.24) is 45.2 Å². The van der Waals surface area contributed by atoms with E-state index in [1.165, 1.54) is 113 Å². The zero-order valence-corrected chi connectivity index (χ0v) is 55.4. The SMILES string of the molecule is C#C.C=CC(C1CCCC1)N1CCC(CN(CC)C(=C)C2C(C3CC3)N2C)C1.C=CC(CN1CCC=C(c2ccc(N(CC(F)(F)F)/C(=C(\C)CC(C)(C)CCC)c3cc(N4CCN(C5CC5)CC4)cnc3C(C)N)cc2)C1)NC.CN1CCCCN1. The Bertz CT molecular complexity index is 2550. The van der Waals surface area contributed by atoms with Gasteiger partial charge in [-0.1, -0.05) is 77.0 Å². The van der Waals surface area contributed by atoms with Crippen LogP contribution >= 0.6 is 0 Å². The predicted octanol–water partition coefficient (Wildman–Crippen LogP) is 12.7. The Morgan fingerprint density at radius 3 is 2.17 bits per heavy atom. The third-order valence-electron chi connectivity index (χ3n) is 19.9. The van der Waals surface area contributed by atoms with Crippen LogP contribution in [0.4, 0.5) is 24.5 Å². The van der Waals surface area contributed by atoms with Crippen molar-refractivity contribution in [3.05, 3.63) is 103 Å². The van der Waals surface area contributed by atoms with Crippen molar-refractivity contribution in [3.63, 3.8) is 0 Å². The number of pyridine rings is 1. The van der Waals surface area contributed by atoms with Crippen molar-refractivity contribution in [2.45, 2.75) is 180 Å². The van der Waals surface area contributed by atoms with E-state index in [9.17, 15) is 13.2 Å². The Morgan fingerprint density at radius 1 is 0.920 bits per heavy atom. The van der Waals surface area contributed by atoms with Gasteiger partial charge in [-0.2, -0.15) is 13.2 Å². The fourth-order valence-electron chi connectivity index (χ4n) is 15.0. The average molecular weight is 1210 g/mol. The number of nitrogens with one attached hydrogen (secondary N) is 2. The Kier molecular flexibility index (Phi) is 26.5. The quantitative estimate of drug-likeness (QED) is 0.0503. The van der Waals surface area contributed by atoms with Crippen LogP contribution in [-0.2, 0) is 0 Å². The molecule has 2 aromatic rings. The molecule has 87 heavy (non-hydrogen) atoms. The van der Waals surface area contributed by atoms with Crippen molar-refractivity contribution in [3.8, 4) is 12.8 Å². The number of piperazine rings is 1. The number of hydrogen-bond donors (Lipinski definition) is 3. The number of likely N-dealkylation sites (N-methyl/N-ethyl adjacent to an activating group) is 3. The highest BCUT2D eigenvalue weighted by atomic mass is 19.4. The van der Waals surface area contributed by atoms with Crippen LogP contribution in [0.25, 0.3) is 11.3 Å². The van der Waals surface area contributed by atoms with Crippen LogP contribution in [0.15, 0.2) is 85.8 Å². The molecule has 10 rings (SSSR count). The van der Waals surface area contributed by atoms with E-state index in [1.54, 1.807) is 0 Å². The molecule has 0 spiro atoms. The highest BCUT2D eigenvalue weighted by Gasteiger charge is 2.55. The summed E-state index contributed by atoms with van der Waals surface area (Å²) in [7, 11) is 6.31. The van der Waals surface area contributed by atoms with Gasteiger partial charge in [-0.25, -0.2) is 5.01 Å². The van der Waals surface area contributed by atoms with E-state index >= 15 is 0 Å². The van der Waals surface area contributed by atoms with E-state index < -0.39 is 18.8 Å². The molecule has 1 aromatic carbocycles. The van der Waals surface area contributed by atoms with Crippen molar-refractivity contribution in [1.29, 1.82) is 0 Å². The molecular weight excluding hydrogens is 1090 g/mol. The molecule has 7 fully saturated rings. The minimum atomic E-state index is -4.46. The second kappa shape index (κ2) is 33.0. The van der Waals surface area contributed by atoms with Crippen LogP contribution in [0.1, 0.15) is 161 Å². The lowest BCUT2D eigenvalue weighted by Crippen LogP contribution is -2.47. The van der Waals surface area contributed by atoms with E-state index in [1.807, 2.05) is 57.4 Å². The lowest BCUT2D eigenvalue weighted by molar-refractivity contribution is -0.118. The number of alkyl halides is 3. The molecule has 4 saturated heterocycles. The van der Waals surface area contributed by atoms with Gasteiger partial charge in [0, 0.05) is 138 Å². The molecule has 8 aliphatic rings. The van der Waals surface area contributed by atoms with E-state index in [0.29, 0.717) is 47.2 Å². The molecular formula is C72H115F3N12. The Balaban J connectivity index is 0.000000253. The van der Waals surface area contributed by atoms with E-state index in [4.69, 9.17) is 10.7 Å². The molecule has 484 valence electrons. The summed E-state index contributed by atoms with van der Waals surface area (Å²) in [6, 6.07) is 12.2. The number of hydrogen-bond acceptors (Lipinski definition) is 12. The fourth-order valence-corrected chi connectivity index (χ4v) is 15.0. The van der Waals surface area contributed by atoms with Crippen molar-refractivity contribution in [2.24, 2.45) is 28.9 Å². The van der Waals surface area contributed by atoms with Gasteiger partial charge in [0.25, 0.3) is 0 Å². The second-order valence-corrected chi connectivity index (χ2v) is 27.4. The highest BCUT2D eigenvalue weighted by molar-refractivity contribution is 5.84. The van der Waals surface area contributed by atoms with Crippen LogP contribution in [0.2, 0.25) is 0 Å². The predicted molar refractivity (Wildman–Crippen MR) is 361 cm³/mol. The maximum Gasteiger partial charge on any atom is 0.406 e. The Morgan fingerprint density at radius 2 is 1.62 bits per heavy atom. The molecule has 1 aromatic heterocycles. The summed E-state index contributed by atoms with van der Waals surface area (Å²) in [5, 5.41) is 5.43. The molecule has 7 atom stereocenters. The summed E-state index contributed by atoms with van der Waals surface area (Å²) in [5.41, 5.74) is 17.5. The molecule has 7 unspecified atom stereocenters. The van der Waals surface area contributed by atoms with Gasteiger partial charge in [0.1, 0.15) is 6.54 Å². The van der Waals surface area contributed by atoms with Crippen LogP contribution in [-0.4, -0.2) is 184 Å². The summed E-state index contributed by atoms with van der Waals surface area (Å²) in [6.45, 7) is 37.7. The molecule has 4 N–H and O–H groups in total. The minimum Gasteiger partial charge on any atom is -0.374 e. The topological polar surface area (TPSA) is 88.7 Å². The molecule has 12 nitrogen and oxygen atoms in total. The first-order valence-electron chi connectivity index (χ1n) is 33.7. The number of terminal acetylenes is 1. The molecule has 5 aliphatic heterocycles. The summed E-state index contributed by atoms with van der Waals surface area (Å²) in [6.07, 6.45) is 30.5. The van der Waals surface area contributed by atoms with Gasteiger partial charge >= 0.3 is 6.18 Å². The summed E-state index contributed by atoms with van der Waals surface area (Å²) >= 11 is 0. The minimum absolute atomic E-state index is 0.103. The van der Waals surface area contributed by atoms with Gasteiger partial charge in [-0.05, 0) is 177 Å². The molecule has 3 saturated carbocycles. The first kappa shape index (κ1) is 70.0. The summed E-state index contributed by atoms with van der Waals surface area (Å²) in [5.74, 6) is 2.61. The first-order valence-corrected chi connectivity index (χ1v) is 33.7. The molecule has 0 bridgehead atoms. The number of rotatable bonds is 25. The third-order valence-corrected chi connectivity index (χ3v) is 19.9. The largest absolute Gasteiger partial charge is 0.406 e. The monoisotopic (exact) mass is 1200 g/mol. The lowest BCUT2D eigenvalue weighted by atomic mass is 9.80. The van der Waals surface area contributed by atoms with E-state index in [-0.39, 0.29) is 11.5 Å². The summed E-state index contributed by atoms with van der Waals surface area (Å²) in [4.78, 5) is 21.5. The smallest absolute Gasteiger partial charge is 0.374 e. The van der Waals surface area contributed by atoms with Gasteiger partial charge in [0.05, 0.1) is 23.6 Å². The van der Waals surface area contributed by atoms with Crippen LogP contribution in [0.5, 0.6) is 0 Å². The van der Waals surface area contributed by atoms with Gasteiger partial charge in [0.2, 0.25) is 0 Å². The lowest BCUT2D eigenvalue weighted by Gasteiger charge is -2.37.